The van der Waals surface area contributed by atoms with Crippen LogP contribution in [0.15, 0.2) is 12.1 Å². The van der Waals surface area contributed by atoms with Crippen LogP contribution in [0.4, 0.5) is 13.2 Å². The summed E-state index contributed by atoms with van der Waals surface area (Å²) in [5.41, 5.74) is -1.94. The lowest BCUT2D eigenvalue weighted by molar-refractivity contribution is -0.145. The lowest BCUT2D eigenvalue weighted by Crippen LogP contribution is -2.35. The molecule has 2 rings (SSSR count). The third kappa shape index (κ3) is 2.45. The van der Waals surface area contributed by atoms with Gasteiger partial charge in [0.25, 0.3) is 0 Å². The lowest BCUT2D eigenvalue weighted by Gasteiger charge is -2.35. The number of carboxylic acid groups (broad SMARTS) is 1. The third-order valence-electron chi connectivity index (χ3n) is 3.70. The number of benzene rings is 1. The molecule has 104 valence electrons. The highest BCUT2D eigenvalue weighted by Crippen LogP contribution is 2.41. The summed E-state index contributed by atoms with van der Waals surface area (Å²) in [7, 11) is 0. The van der Waals surface area contributed by atoms with Gasteiger partial charge in [-0.25, -0.2) is 13.2 Å². The van der Waals surface area contributed by atoms with Crippen LogP contribution in [0.5, 0.6) is 0 Å². The van der Waals surface area contributed by atoms with E-state index in [1.807, 2.05) is 0 Å². The van der Waals surface area contributed by atoms with Gasteiger partial charge in [-0.2, -0.15) is 0 Å². The summed E-state index contributed by atoms with van der Waals surface area (Å²) in [5.74, 6) is -5.90. The van der Waals surface area contributed by atoms with E-state index >= 15 is 0 Å². The topological polar surface area (TPSA) is 57.5 Å². The molecule has 1 aliphatic rings. The zero-order valence-corrected chi connectivity index (χ0v) is 10.00. The number of carboxylic acids is 1. The highest BCUT2D eigenvalue weighted by atomic mass is 19.2. The second-order valence-corrected chi connectivity index (χ2v) is 4.87. The van der Waals surface area contributed by atoms with Crippen LogP contribution in [0.2, 0.25) is 0 Å². The van der Waals surface area contributed by atoms with Crippen LogP contribution in [0, 0.1) is 23.4 Å². The fraction of sp³-hybridized carbons (Fsp3) is 0.462. The van der Waals surface area contributed by atoms with Crippen LogP contribution in [-0.2, 0) is 10.4 Å². The molecule has 0 aliphatic heterocycles. The molecule has 1 aromatic carbocycles. The van der Waals surface area contributed by atoms with Gasteiger partial charge in [-0.15, -0.1) is 0 Å². The van der Waals surface area contributed by atoms with Gasteiger partial charge in [-0.05, 0) is 31.7 Å². The van der Waals surface area contributed by atoms with Crippen molar-refractivity contribution in [1.29, 1.82) is 0 Å². The van der Waals surface area contributed by atoms with Gasteiger partial charge < -0.3 is 10.2 Å². The Bertz CT molecular complexity index is 508. The predicted molar refractivity (Wildman–Crippen MR) is 59.8 cm³/mol. The molecule has 1 aromatic rings. The van der Waals surface area contributed by atoms with E-state index in [0.717, 1.165) is 12.1 Å². The van der Waals surface area contributed by atoms with E-state index in [1.54, 1.807) is 0 Å². The molecule has 0 atom stereocenters. The maximum absolute atomic E-state index is 13.7. The van der Waals surface area contributed by atoms with Crippen LogP contribution >= 0.6 is 0 Å². The van der Waals surface area contributed by atoms with Gasteiger partial charge in [0.05, 0.1) is 11.5 Å². The highest BCUT2D eigenvalue weighted by molar-refractivity contribution is 5.70. The summed E-state index contributed by atoms with van der Waals surface area (Å²) in [6, 6.07) is 1.77. The number of hydrogen-bond donors (Lipinski definition) is 2. The number of aliphatic hydroxyl groups is 1. The van der Waals surface area contributed by atoms with E-state index in [4.69, 9.17) is 5.11 Å². The Morgan fingerprint density at radius 1 is 1.16 bits per heavy atom. The van der Waals surface area contributed by atoms with Gasteiger partial charge in [0.1, 0.15) is 0 Å². The Morgan fingerprint density at radius 3 is 2.26 bits per heavy atom. The van der Waals surface area contributed by atoms with Crippen molar-refractivity contribution in [3.63, 3.8) is 0 Å². The number of rotatable bonds is 2. The summed E-state index contributed by atoms with van der Waals surface area (Å²) in [6.45, 7) is 0. The molecule has 19 heavy (non-hydrogen) atoms. The van der Waals surface area contributed by atoms with Crippen LogP contribution in [0.3, 0.4) is 0 Å². The molecule has 0 heterocycles. The monoisotopic (exact) mass is 274 g/mol. The SMILES string of the molecule is O=C(O)C1CCC(O)(c2ccc(F)c(F)c2F)CC1. The summed E-state index contributed by atoms with van der Waals surface area (Å²) < 4.78 is 39.7. The molecule has 0 spiro atoms. The second-order valence-electron chi connectivity index (χ2n) is 4.87. The Labute approximate surface area is 107 Å². The Kier molecular flexibility index (Phi) is 3.54. The van der Waals surface area contributed by atoms with Crippen molar-refractivity contribution in [1.82, 2.24) is 0 Å². The van der Waals surface area contributed by atoms with E-state index in [-0.39, 0.29) is 31.2 Å². The smallest absolute Gasteiger partial charge is 0.306 e. The lowest BCUT2D eigenvalue weighted by atomic mass is 9.75. The van der Waals surface area contributed by atoms with E-state index in [0.29, 0.717) is 0 Å². The van der Waals surface area contributed by atoms with Crippen molar-refractivity contribution >= 4 is 5.97 Å². The second kappa shape index (κ2) is 4.85. The zero-order chi connectivity index (χ0) is 14.2. The van der Waals surface area contributed by atoms with Crippen molar-refractivity contribution < 1.29 is 28.2 Å². The standard InChI is InChI=1S/C13H13F3O3/c14-9-2-1-8(10(15)11(9)16)13(19)5-3-7(4-6-13)12(17)18/h1-2,7,19H,3-6H2,(H,17,18). The first kappa shape index (κ1) is 13.9. The molecule has 3 nitrogen and oxygen atoms in total. The van der Waals surface area contributed by atoms with E-state index in [1.165, 1.54) is 0 Å². The molecule has 0 aromatic heterocycles. The van der Waals surface area contributed by atoms with Crippen molar-refractivity contribution in [3.05, 3.63) is 35.1 Å². The molecular formula is C13H13F3O3. The van der Waals surface area contributed by atoms with Crippen LogP contribution in [0.25, 0.3) is 0 Å². The largest absolute Gasteiger partial charge is 0.481 e. The molecule has 0 radical (unpaired) electrons. The van der Waals surface area contributed by atoms with Crippen LogP contribution in [0.1, 0.15) is 31.2 Å². The minimum atomic E-state index is -1.63. The normalized spacial score (nSPS) is 27.3. The molecule has 6 heteroatoms. The van der Waals surface area contributed by atoms with E-state index in [9.17, 15) is 23.1 Å². The number of aliphatic carboxylic acids is 1. The van der Waals surface area contributed by atoms with Crippen LogP contribution < -0.4 is 0 Å². The molecular weight excluding hydrogens is 261 g/mol. The summed E-state index contributed by atoms with van der Waals surface area (Å²) in [6.07, 6.45) is 0.354. The molecule has 1 fully saturated rings. The molecule has 0 amide bonds. The van der Waals surface area contributed by atoms with Gasteiger partial charge in [0.15, 0.2) is 17.5 Å². The average molecular weight is 274 g/mol. The van der Waals surface area contributed by atoms with Crippen molar-refractivity contribution in [2.75, 3.05) is 0 Å². The number of halogens is 3. The predicted octanol–water partition coefficient (Wildman–Crippen LogP) is 2.57. The van der Waals surface area contributed by atoms with Crippen molar-refractivity contribution in [2.24, 2.45) is 5.92 Å². The van der Waals surface area contributed by atoms with Crippen molar-refractivity contribution in [3.8, 4) is 0 Å². The first-order valence-electron chi connectivity index (χ1n) is 5.94. The van der Waals surface area contributed by atoms with Gasteiger partial charge in [-0.1, -0.05) is 6.07 Å². The molecule has 2 N–H and O–H groups in total. The zero-order valence-electron chi connectivity index (χ0n) is 10.00. The third-order valence-corrected chi connectivity index (χ3v) is 3.70. The van der Waals surface area contributed by atoms with Crippen molar-refractivity contribution in [2.45, 2.75) is 31.3 Å². The number of carbonyl (C=O) groups is 1. The first-order chi connectivity index (χ1) is 8.85. The molecule has 0 saturated heterocycles. The Morgan fingerprint density at radius 2 is 1.74 bits per heavy atom. The Hall–Kier alpha value is -1.56. The maximum atomic E-state index is 13.7. The fourth-order valence-electron chi connectivity index (χ4n) is 2.50. The fourth-order valence-corrected chi connectivity index (χ4v) is 2.50. The Balaban J connectivity index is 2.28. The quantitative estimate of drug-likeness (QED) is 0.815. The first-order valence-corrected chi connectivity index (χ1v) is 5.94. The summed E-state index contributed by atoms with van der Waals surface area (Å²) in [4.78, 5) is 10.8. The van der Waals surface area contributed by atoms with Crippen LogP contribution in [-0.4, -0.2) is 16.2 Å². The van der Waals surface area contributed by atoms with Gasteiger partial charge in [0.2, 0.25) is 0 Å². The highest BCUT2D eigenvalue weighted by Gasteiger charge is 2.39. The number of hydrogen-bond acceptors (Lipinski definition) is 2. The van der Waals surface area contributed by atoms with Gasteiger partial charge in [0, 0.05) is 5.56 Å². The molecule has 0 unspecified atom stereocenters. The molecule has 0 bridgehead atoms. The summed E-state index contributed by atoms with van der Waals surface area (Å²) >= 11 is 0. The minimum Gasteiger partial charge on any atom is -0.481 e. The van der Waals surface area contributed by atoms with E-state index in [2.05, 4.69) is 0 Å². The maximum Gasteiger partial charge on any atom is 0.306 e. The van der Waals surface area contributed by atoms with E-state index < -0.39 is 34.9 Å². The minimum absolute atomic E-state index is 0.00591. The van der Waals surface area contributed by atoms with Gasteiger partial charge >= 0.3 is 5.97 Å². The summed E-state index contributed by atoms with van der Waals surface area (Å²) in [5, 5.41) is 19.2. The average Bonchev–Trinajstić information content (AvgIpc) is 2.36. The molecule has 1 aliphatic carbocycles. The molecule has 1 saturated carbocycles. The van der Waals surface area contributed by atoms with Gasteiger partial charge in [-0.3, -0.25) is 4.79 Å².